The zero-order chi connectivity index (χ0) is 20.8. The van der Waals surface area contributed by atoms with E-state index in [0.29, 0.717) is 29.9 Å². The third-order valence-electron chi connectivity index (χ3n) is 5.72. The molecule has 4 rings (SSSR count). The molecule has 2 aliphatic rings. The molecule has 0 saturated carbocycles. The molecule has 0 amide bonds. The summed E-state index contributed by atoms with van der Waals surface area (Å²) in [6.07, 6.45) is 3.39. The van der Waals surface area contributed by atoms with E-state index in [1.807, 2.05) is 24.3 Å². The lowest BCUT2D eigenvalue weighted by molar-refractivity contribution is -0.118. The minimum absolute atomic E-state index is 0.0468. The van der Waals surface area contributed by atoms with Gasteiger partial charge in [0.2, 0.25) is 5.95 Å². The zero-order valence-electron chi connectivity index (χ0n) is 16.9. The Hall–Kier alpha value is -3.40. The number of anilines is 1. The predicted octanol–water partition coefficient (Wildman–Crippen LogP) is 3.31. The van der Waals surface area contributed by atoms with Gasteiger partial charge < -0.3 is 5.73 Å². The van der Waals surface area contributed by atoms with Gasteiger partial charge in [-0.15, -0.1) is 0 Å². The van der Waals surface area contributed by atoms with Gasteiger partial charge in [-0.1, -0.05) is 45.0 Å². The minimum Gasteiger partial charge on any atom is -0.384 e. The zero-order valence-corrected chi connectivity index (χ0v) is 16.9. The van der Waals surface area contributed by atoms with Crippen LogP contribution in [0.4, 0.5) is 5.95 Å². The van der Waals surface area contributed by atoms with E-state index in [0.717, 1.165) is 17.7 Å². The van der Waals surface area contributed by atoms with Gasteiger partial charge in [0.25, 0.3) is 0 Å². The van der Waals surface area contributed by atoms with Crippen molar-refractivity contribution in [2.24, 2.45) is 11.1 Å². The fourth-order valence-electron chi connectivity index (χ4n) is 4.34. The number of nitrogens with two attached hydrogens (primary N) is 1. The molecule has 29 heavy (non-hydrogen) atoms. The summed E-state index contributed by atoms with van der Waals surface area (Å²) in [4.78, 5) is 19.3. The average molecular weight is 388 g/mol. The summed E-state index contributed by atoms with van der Waals surface area (Å²) in [6, 6.07) is 10.3. The first-order valence-corrected chi connectivity index (χ1v) is 9.76. The first-order chi connectivity index (χ1) is 13.9. The summed E-state index contributed by atoms with van der Waals surface area (Å²) in [5.41, 5.74) is 10.2. The van der Waals surface area contributed by atoms with Gasteiger partial charge in [0.05, 0.1) is 17.6 Å². The molecule has 1 aliphatic carbocycles. The number of ketones is 1. The maximum Gasteiger partial charge on any atom is 0.231 e. The number of aromatic amines is 1. The van der Waals surface area contributed by atoms with Crippen molar-refractivity contribution in [2.45, 2.75) is 46.0 Å². The number of carbonyl (C=O) groups excluding carboxylic acids is 1. The Bertz CT molecular complexity index is 1050. The van der Waals surface area contributed by atoms with E-state index in [1.165, 1.54) is 11.9 Å². The predicted molar refractivity (Wildman–Crippen MR) is 109 cm³/mol. The SMILES string of the molecule is CCc1ccc(C2C(C#N)=C(N)N(c3ncn[nH]3)C3=C2C(=O)CC(C)(C)C3)cc1. The standard InChI is InChI=1S/C22H24N6O/c1-4-13-5-7-14(8-6-13)18-15(11-23)20(24)28(21-25-12-26-27-21)16-9-22(2,3)10-17(29)19(16)18/h5-8,12,18H,4,9-10,24H2,1-3H3,(H,25,26,27). The number of carbonyl (C=O) groups is 1. The lowest BCUT2D eigenvalue weighted by atomic mass is 9.68. The third-order valence-corrected chi connectivity index (χ3v) is 5.72. The molecule has 2 aromatic rings. The Morgan fingerprint density at radius 3 is 2.62 bits per heavy atom. The van der Waals surface area contributed by atoms with Crippen molar-refractivity contribution >= 4 is 11.7 Å². The number of rotatable bonds is 3. The highest BCUT2D eigenvalue weighted by molar-refractivity contribution is 6.01. The van der Waals surface area contributed by atoms with Crippen LogP contribution in [0.2, 0.25) is 0 Å². The van der Waals surface area contributed by atoms with Gasteiger partial charge >= 0.3 is 0 Å². The highest BCUT2D eigenvalue weighted by atomic mass is 16.1. The molecule has 0 radical (unpaired) electrons. The topological polar surface area (TPSA) is 112 Å². The Kier molecular flexibility index (Phi) is 4.50. The number of nitrogens with one attached hydrogen (secondary N) is 1. The third kappa shape index (κ3) is 3.11. The summed E-state index contributed by atoms with van der Waals surface area (Å²) in [6.45, 7) is 6.23. The molecule has 1 aromatic heterocycles. The van der Waals surface area contributed by atoms with Crippen LogP contribution in [0.15, 0.2) is 53.3 Å². The van der Waals surface area contributed by atoms with Crippen LogP contribution >= 0.6 is 0 Å². The van der Waals surface area contributed by atoms with E-state index in [4.69, 9.17) is 5.73 Å². The molecule has 1 aromatic carbocycles. The molecular weight excluding hydrogens is 364 g/mol. The van der Waals surface area contributed by atoms with E-state index < -0.39 is 5.92 Å². The van der Waals surface area contributed by atoms with Crippen molar-refractivity contribution in [3.8, 4) is 6.07 Å². The molecule has 3 N–H and O–H groups in total. The normalized spacial score (nSPS) is 21.2. The molecule has 1 unspecified atom stereocenters. The van der Waals surface area contributed by atoms with E-state index in [1.54, 1.807) is 4.90 Å². The summed E-state index contributed by atoms with van der Waals surface area (Å²) in [5, 5.41) is 16.7. The van der Waals surface area contributed by atoms with Gasteiger partial charge in [0.1, 0.15) is 12.1 Å². The molecule has 0 fully saturated rings. The maximum absolute atomic E-state index is 13.3. The van der Waals surface area contributed by atoms with Crippen molar-refractivity contribution in [2.75, 3.05) is 4.90 Å². The minimum atomic E-state index is -0.469. The second-order valence-electron chi connectivity index (χ2n) is 8.38. The van der Waals surface area contributed by atoms with Crippen molar-refractivity contribution in [3.63, 3.8) is 0 Å². The van der Waals surface area contributed by atoms with Crippen molar-refractivity contribution in [3.05, 3.63) is 64.4 Å². The number of Topliss-reactive ketones (excluding diaryl/α,β-unsaturated/α-hetero) is 1. The number of benzene rings is 1. The second-order valence-corrected chi connectivity index (χ2v) is 8.38. The first kappa shape index (κ1) is 18.9. The second kappa shape index (κ2) is 6.89. The van der Waals surface area contributed by atoms with Crippen LogP contribution in [0.1, 0.15) is 50.7 Å². The molecule has 0 saturated heterocycles. The number of hydrogen-bond donors (Lipinski definition) is 2. The Morgan fingerprint density at radius 1 is 1.31 bits per heavy atom. The molecule has 1 aliphatic heterocycles. The highest BCUT2D eigenvalue weighted by Gasteiger charge is 2.45. The number of nitriles is 1. The van der Waals surface area contributed by atoms with Gasteiger partial charge in [-0.3, -0.25) is 9.69 Å². The number of aryl methyl sites for hydroxylation is 1. The maximum atomic E-state index is 13.3. The van der Waals surface area contributed by atoms with Crippen LogP contribution in [-0.4, -0.2) is 21.0 Å². The molecule has 148 valence electrons. The number of aromatic nitrogens is 3. The van der Waals surface area contributed by atoms with E-state index in [2.05, 4.69) is 42.0 Å². The summed E-state index contributed by atoms with van der Waals surface area (Å²) >= 11 is 0. The molecular formula is C22H24N6O. The van der Waals surface area contributed by atoms with Gasteiger partial charge in [0, 0.05) is 17.7 Å². The fourth-order valence-corrected chi connectivity index (χ4v) is 4.34. The van der Waals surface area contributed by atoms with Gasteiger partial charge in [-0.05, 0) is 29.4 Å². The fraction of sp³-hybridized carbons (Fsp3) is 0.364. The molecule has 0 spiro atoms. The Labute approximate surface area is 169 Å². The largest absolute Gasteiger partial charge is 0.384 e. The van der Waals surface area contributed by atoms with Crippen LogP contribution in [0.3, 0.4) is 0 Å². The number of H-pyrrole nitrogens is 1. The van der Waals surface area contributed by atoms with Crippen LogP contribution in [0, 0.1) is 16.7 Å². The van der Waals surface area contributed by atoms with E-state index >= 15 is 0 Å². The lowest BCUT2D eigenvalue weighted by Crippen LogP contribution is -2.42. The number of hydrogen-bond acceptors (Lipinski definition) is 6. The van der Waals surface area contributed by atoms with Crippen molar-refractivity contribution in [1.29, 1.82) is 5.26 Å². The number of allylic oxidation sites excluding steroid dienone is 3. The van der Waals surface area contributed by atoms with Gasteiger partial charge in [0.15, 0.2) is 5.78 Å². The molecule has 2 heterocycles. The van der Waals surface area contributed by atoms with E-state index in [9.17, 15) is 10.1 Å². The summed E-state index contributed by atoms with van der Waals surface area (Å²) < 4.78 is 0. The van der Waals surface area contributed by atoms with Gasteiger partial charge in [-0.2, -0.15) is 15.3 Å². The lowest BCUT2D eigenvalue weighted by Gasteiger charge is -2.42. The molecule has 7 nitrogen and oxygen atoms in total. The van der Waals surface area contributed by atoms with Crippen LogP contribution in [-0.2, 0) is 11.2 Å². The highest BCUT2D eigenvalue weighted by Crippen LogP contribution is 2.49. The Morgan fingerprint density at radius 2 is 2.03 bits per heavy atom. The molecule has 0 bridgehead atoms. The average Bonchev–Trinajstić information content (AvgIpc) is 3.20. The number of nitrogens with zero attached hydrogens (tertiary/aromatic N) is 4. The smallest absolute Gasteiger partial charge is 0.231 e. The Balaban J connectivity index is 1.96. The summed E-state index contributed by atoms with van der Waals surface area (Å²) in [7, 11) is 0. The first-order valence-electron chi connectivity index (χ1n) is 9.76. The van der Waals surface area contributed by atoms with Crippen molar-refractivity contribution < 1.29 is 4.79 Å². The van der Waals surface area contributed by atoms with Gasteiger partial charge in [-0.25, -0.2) is 5.10 Å². The van der Waals surface area contributed by atoms with Crippen molar-refractivity contribution in [1.82, 2.24) is 15.2 Å². The molecule has 7 heteroatoms. The van der Waals surface area contributed by atoms with Crippen LogP contribution < -0.4 is 10.6 Å². The molecule has 1 atom stereocenters. The van der Waals surface area contributed by atoms with Crippen LogP contribution in [0.5, 0.6) is 0 Å². The van der Waals surface area contributed by atoms with Crippen LogP contribution in [0.25, 0.3) is 0 Å². The monoisotopic (exact) mass is 388 g/mol. The quantitative estimate of drug-likeness (QED) is 0.834. The van der Waals surface area contributed by atoms with E-state index in [-0.39, 0.29) is 17.0 Å². The summed E-state index contributed by atoms with van der Waals surface area (Å²) in [5.74, 6) is 0.278.